The van der Waals surface area contributed by atoms with Gasteiger partial charge in [-0.15, -0.1) is 0 Å². The van der Waals surface area contributed by atoms with E-state index in [0.29, 0.717) is 5.92 Å². The fraction of sp³-hybridized carbons (Fsp3) is 0.700. The molecule has 0 N–H and O–H groups in total. The zero-order valence-electron chi connectivity index (χ0n) is 8.13. The number of hydrogen-bond acceptors (Lipinski definition) is 2. The molecule has 68 valence electrons. The smallest absolute Gasteiger partial charge is 0.302 e. The first kappa shape index (κ1) is 9.30. The predicted molar refractivity (Wildman–Crippen MR) is 47.6 cm³/mol. The fourth-order valence-electron chi connectivity index (χ4n) is 1.59. The van der Waals surface area contributed by atoms with Gasteiger partial charge in [-0.05, 0) is 6.92 Å². The molecule has 2 heteroatoms. The summed E-state index contributed by atoms with van der Waals surface area (Å²) in [6, 6.07) is 0. The van der Waals surface area contributed by atoms with Crippen LogP contribution in [0.3, 0.4) is 0 Å². The third kappa shape index (κ3) is 1.52. The van der Waals surface area contributed by atoms with Crippen LogP contribution < -0.4 is 0 Å². The van der Waals surface area contributed by atoms with E-state index in [1.54, 1.807) is 0 Å². The normalized spacial score (nSPS) is 32.0. The van der Waals surface area contributed by atoms with Crippen molar-refractivity contribution in [3.63, 3.8) is 0 Å². The van der Waals surface area contributed by atoms with Crippen LogP contribution in [0.15, 0.2) is 12.2 Å². The van der Waals surface area contributed by atoms with Crippen LogP contribution in [0.25, 0.3) is 0 Å². The Morgan fingerprint density at radius 1 is 1.50 bits per heavy atom. The van der Waals surface area contributed by atoms with E-state index in [9.17, 15) is 4.79 Å². The summed E-state index contributed by atoms with van der Waals surface area (Å²) in [6.07, 6.45) is 4.20. The summed E-state index contributed by atoms with van der Waals surface area (Å²) < 4.78 is 5.15. The monoisotopic (exact) mass is 168 g/mol. The van der Waals surface area contributed by atoms with Gasteiger partial charge in [0, 0.05) is 18.3 Å². The minimum absolute atomic E-state index is 0.0891. The van der Waals surface area contributed by atoms with Gasteiger partial charge in [-0.3, -0.25) is 4.79 Å². The molecule has 0 spiro atoms. The van der Waals surface area contributed by atoms with E-state index in [2.05, 4.69) is 19.9 Å². The fourth-order valence-corrected chi connectivity index (χ4v) is 1.59. The lowest BCUT2D eigenvalue weighted by molar-refractivity contribution is -0.143. The van der Waals surface area contributed by atoms with Gasteiger partial charge < -0.3 is 4.74 Å². The van der Waals surface area contributed by atoms with Gasteiger partial charge in [-0.1, -0.05) is 26.0 Å². The lowest BCUT2D eigenvalue weighted by atomic mass is 10.1. The maximum Gasteiger partial charge on any atom is 0.302 e. The standard InChI is InChI=1S/C10H16O2/c1-5-6-8-9(10(8,3)4)12-7(2)11/h5-6,8-9H,1-4H3/b6-5-/t8-,9+/m0/s1. The van der Waals surface area contributed by atoms with Crippen molar-refractivity contribution in [3.05, 3.63) is 12.2 Å². The Labute approximate surface area is 73.6 Å². The van der Waals surface area contributed by atoms with Gasteiger partial charge >= 0.3 is 5.97 Å². The number of rotatable bonds is 2. The predicted octanol–water partition coefficient (Wildman–Crippen LogP) is 2.15. The summed E-state index contributed by atoms with van der Waals surface area (Å²) in [5.41, 5.74) is 0.137. The quantitative estimate of drug-likeness (QED) is 0.466. The number of ether oxygens (including phenoxy) is 1. The van der Waals surface area contributed by atoms with Crippen LogP contribution >= 0.6 is 0 Å². The Morgan fingerprint density at radius 2 is 2.08 bits per heavy atom. The molecule has 1 aliphatic rings. The van der Waals surface area contributed by atoms with Gasteiger partial charge in [0.2, 0.25) is 0 Å². The van der Waals surface area contributed by atoms with E-state index in [-0.39, 0.29) is 17.5 Å². The van der Waals surface area contributed by atoms with Gasteiger partial charge in [0.1, 0.15) is 6.10 Å². The van der Waals surface area contributed by atoms with E-state index >= 15 is 0 Å². The molecule has 1 rings (SSSR count). The average Bonchev–Trinajstić information content (AvgIpc) is 2.39. The minimum Gasteiger partial charge on any atom is -0.461 e. The number of allylic oxidation sites excluding steroid dienone is 1. The van der Waals surface area contributed by atoms with Crippen molar-refractivity contribution >= 4 is 5.97 Å². The molecule has 0 unspecified atom stereocenters. The Hall–Kier alpha value is -0.790. The van der Waals surface area contributed by atoms with Crippen LogP contribution in [-0.2, 0) is 9.53 Å². The summed E-state index contributed by atoms with van der Waals surface area (Å²) in [7, 11) is 0. The molecule has 0 aromatic rings. The molecule has 0 bridgehead atoms. The molecule has 0 aromatic carbocycles. The third-order valence-electron chi connectivity index (χ3n) is 2.50. The van der Waals surface area contributed by atoms with E-state index in [0.717, 1.165) is 0 Å². The van der Waals surface area contributed by atoms with Crippen molar-refractivity contribution in [3.8, 4) is 0 Å². The van der Waals surface area contributed by atoms with Crippen molar-refractivity contribution in [1.29, 1.82) is 0 Å². The lowest BCUT2D eigenvalue weighted by Gasteiger charge is -2.01. The highest BCUT2D eigenvalue weighted by Gasteiger charge is 2.59. The summed E-state index contributed by atoms with van der Waals surface area (Å²) in [5, 5.41) is 0. The number of carbonyl (C=O) groups excluding carboxylic acids is 1. The molecule has 0 radical (unpaired) electrons. The second-order valence-electron chi connectivity index (χ2n) is 3.90. The number of hydrogen-bond donors (Lipinski definition) is 0. The molecule has 0 aliphatic heterocycles. The molecule has 12 heavy (non-hydrogen) atoms. The largest absolute Gasteiger partial charge is 0.461 e. The van der Waals surface area contributed by atoms with Gasteiger partial charge in [-0.2, -0.15) is 0 Å². The maximum atomic E-state index is 10.7. The highest BCUT2D eigenvalue weighted by Crippen LogP contribution is 2.54. The lowest BCUT2D eigenvalue weighted by Crippen LogP contribution is -2.06. The van der Waals surface area contributed by atoms with Crippen LogP contribution in [0.5, 0.6) is 0 Å². The third-order valence-corrected chi connectivity index (χ3v) is 2.50. The van der Waals surface area contributed by atoms with Crippen LogP contribution in [0.2, 0.25) is 0 Å². The van der Waals surface area contributed by atoms with Crippen molar-refractivity contribution in [1.82, 2.24) is 0 Å². The molecule has 2 atom stereocenters. The van der Waals surface area contributed by atoms with Crippen molar-refractivity contribution < 1.29 is 9.53 Å². The molecule has 0 heterocycles. The Balaban J connectivity index is 2.54. The van der Waals surface area contributed by atoms with Crippen LogP contribution in [0.1, 0.15) is 27.7 Å². The topological polar surface area (TPSA) is 26.3 Å². The Morgan fingerprint density at radius 3 is 2.50 bits per heavy atom. The van der Waals surface area contributed by atoms with Gasteiger partial charge in [0.15, 0.2) is 0 Å². The van der Waals surface area contributed by atoms with E-state index in [1.165, 1.54) is 6.92 Å². The van der Waals surface area contributed by atoms with Gasteiger partial charge in [-0.25, -0.2) is 0 Å². The van der Waals surface area contributed by atoms with Gasteiger partial charge in [0.25, 0.3) is 0 Å². The molecular weight excluding hydrogens is 152 g/mol. The second kappa shape index (κ2) is 2.92. The molecule has 2 nitrogen and oxygen atoms in total. The summed E-state index contributed by atoms with van der Waals surface area (Å²) in [5.74, 6) is 0.228. The zero-order chi connectivity index (χ0) is 9.35. The first-order valence-electron chi connectivity index (χ1n) is 4.30. The zero-order valence-corrected chi connectivity index (χ0v) is 8.13. The molecule has 1 saturated carbocycles. The first-order chi connectivity index (χ1) is 5.50. The summed E-state index contributed by atoms with van der Waals surface area (Å²) >= 11 is 0. The second-order valence-corrected chi connectivity index (χ2v) is 3.90. The maximum absolute atomic E-state index is 10.7. The number of carbonyl (C=O) groups is 1. The van der Waals surface area contributed by atoms with Crippen molar-refractivity contribution in [2.45, 2.75) is 33.8 Å². The molecule has 0 aromatic heterocycles. The van der Waals surface area contributed by atoms with Crippen molar-refractivity contribution in [2.75, 3.05) is 0 Å². The van der Waals surface area contributed by atoms with E-state index in [1.807, 2.05) is 13.0 Å². The van der Waals surface area contributed by atoms with E-state index < -0.39 is 0 Å². The Bertz CT molecular complexity index is 216. The SMILES string of the molecule is C/C=C\[C@H]1[C@@H](OC(C)=O)C1(C)C. The van der Waals surface area contributed by atoms with Gasteiger partial charge in [0.05, 0.1) is 0 Å². The summed E-state index contributed by atoms with van der Waals surface area (Å²) in [6.45, 7) is 7.68. The molecule has 1 fully saturated rings. The average molecular weight is 168 g/mol. The van der Waals surface area contributed by atoms with Crippen LogP contribution in [0.4, 0.5) is 0 Å². The molecule has 0 saturated heterocycles. The molecule has 0 amide bonds. The van der Waals surface area contributed by atoms with E-state index in [4.69, 9.17) is 4.74 Å². The highest BCUT2D eigenvalue weighted by molar-refractivity contribution is 5.66. The highest BCUT2D eigenvalue weighted by atomic mass is 16.5. The first-order valence-corrected chi connectivity index (χ1v) is 4.30. The number of esters is 1. The molecular formula is C10H16O2. The van der Waals surface area contributed by atoms with Crippen molar-refractivity contribution in [2.24, 2.45) is 11.3 Å². The minimum atomic E-state index is -0.180. The summed E-state index contributed by atoms with van der Waals surface area (Å²) in [4.78, 5) is 10.7. The molecule has 1 aliphatic carbocycles. The Kier molecular flexibility index (Phi) is 2.27. The van der Waals surface area contributed by atoms with Crippen LogP contribution in [-0.4, -0.2) is 12.1 Å². The van der Waals surface area contributed by atoms with Crippen LogP contribution in [0, 0.1) is 11.3 Å².